The predicted octanol–water partition coefficient (Wildman–Crippen LogP) is 6.74. The molecule has 4 rings (SSSR count). The number of ether oxygens (including phenoxy) is 1. The van der Waals surface area contributed by atoms with E-state index in [0.717, 1.165) is 5.56 Å². The third kappa shape index (κ3) is 4.24. The molecular weight excluding hydrogens is 335 g/mol. The van der Waals surface area contributed by atoms with Crippen LogP contribution in [0.1, 0.15) is 5.56 Å². The molecule has 132 valence electrons. The monoisotopic (exact) mass is 354 g/mol. The fourth-order valence-electron chi connectivity index (χ4n) is 2.98. The summed E-state index contributed by atoms with van der Waals surface area (Å²) in [6.45, 7) is 0.457. The van der Waals surface area contributed by atoms with Gasteiger partial charge in [-0.1, -0.05) is 78.9 Å². The summed E-state index contributed by atoms with van der Waals surface area (Å²) in [4.78, 5) is 0. The van der Waals surface area contributed by atoms with E-state index in [-0.39, 0.29) is 5.82 Å². The van der Waals surface area contributed by atoms with E-state index in [2.05, 4.69) is 72.8 Å². The molecule has 2 heteroatoms. The highest BCUT2D eigenvalue weighted by Gasteiger charge is 2.02. The molecule has 0 aliphatic carbocycles. The summed E-state index contributed by atoms with van der Waals surface area (Å²) in [6, 6.07) is 33.3. The largest absolute Gasteiger partial charge is 0.489 e. The van der Waals surface area contributed by atoms with Crippen LogP contribution in [0, 0.1) is 5.82 Å². The van der Waals surface area contributed by atoms with Crippen molar-refractivity contribution >= 4 is 0 Å². The quantitative estimate of drug-likeness (QED) is 0.386. The van der Waals surface area contributed by atoms with Crippen molar-refractivity contribution in [3.63, 3.8) is 0 Å². The van der Waals surface area contributed by atoms with Gasteiger partial charge in [-0.25, -0.2) is 4.39 Å². The highest BCUT2D eigenvalue weighted by atomic mass is 19.1. The van der Waals surface area contributed by atoms with E-state index >= 15 is 0 Å². The summed E-state index contributed by atoms with van der Waals surface area (Å²) in [5.74, 6) is 0.405. The molecule has 0 radical (unpaired) electrons. The Morgan fingerprint density at radius 1 is 0.519 bits per heavy atom. The molecule has 0 aliphatic rings. The van der Waals surface area contributed by atoms with Crippen molar-refractivity contribution in [2.45, 2.75) is 6.61 Å². The molecule has 0 N–H and O–H groups in total. The third-order valence-corrected chi connectivity index (χ3v) is 4.50. The maximum absolute atomic E-state index is 12.9. The van der Waals surface area contributed by atoms with Gasteiger partial charge < -0.3 is 4.74 Å². The van der Waals surface area contributed by atoms with Crippen molar-refractivity contribution in [3.05, 3.63) is 115 Å². The molecule has 1 nitrogen and oxygen atoms in total. The zero-order valence-corrected chi connectivity index (χ0v) is 14.8. The van der Waals surface area contributed by atoms with Gasteiger partial charge in [0, 0.05) is 0 Å². The standard InChI is InChI=1S/C25H19FO/c26-24-14-16-25(17-15-24)27-18-19-6-8-21(9-7-19)23-12-10-22(11-13-23)20-4-2-1-3-5-20/h1-17H,18H2. The molecule has 0 saturated heterocycles. The molecule has 0 heterocycles. The summed E-state index contributed by atoms with van der Waals surface area (Å²) < 4.78 is 18.6. The second kappa shape index (κ2) is 7.88. The molecule has 0 aromatic heterocycles. The van der Waals surface area contributed by atoms with Gasteiger partial charge in [-0.05, 0) is 52.1 Å². The van der Waals surface area contributed by atoms with Crippen LogP contribution in [0.3, 0.4) is 0 Å². The molecule has 4 aromatic rings. The number of benzene rings is 4. The van der Waals surface area contributed by atoms with Gasteiger partial charge in [-0.15, -0.1) is 0 Å². The molecule has 0 amide bonds. The van der Waals surface area contributed by atoms with Gasteiger partial charge in [0.05, 0.1) is 0 Å². The molecule has 27 heavy (non-hydrogen) atoms. The maximum atomic E-state index is 12.9. The Hall–Kier alpha value is -3.39. The molecule has 0 saturated carbocycles. The first kappa shape index (κ1) is 17.0. The Labute approximate surface area is 158 Å². The van der Waals surface area contributed by atoms with Crippen molar-refractivity contribution in [1.82, 2.24) is 0 Å². The second-order valence-corrected chi connectivity index (χ2v) is 6.38. The molecule has 4 aromatic carbocycles. The lowest BCUT2D eigenvalue weighted by Gasteiger charge is -2.08. The second-order valence-electron chi connectivity index (χ2n) is 6.38. The highest BCUT2D eigenvalue weighted by molar-refractivity contribution is 5.70. The summed E-state index contributed by atoms with van der Waals surface area (Å²) >= 11 is 0. The third-order valence-electron chi connectivity index (χ3n) is 4.50. The van der Waals surface area contributed by atoms with Crippen LogP contribution in [-0.2, 0) is 6.61 Å². The van der Waals surface area contributed by atoms with Crippen LogP contribution in [0.15, 0.2) is 103 Å². The van der Waals surface area contributed by atoms with Crippen LogP contribution in [0.4, 0.5) is 4.39 Å². The number of rotatable bonds is 5. The predicted molar refractivity (Wildman–Crippen MR) is 108 cm³/mol. The molecular formula is C25H19FO. The lowest BCUT2D eigenvalue weighted by Crippen LogP contribution is -1.95. The maximum Gasteiger partial charge on any atom is 0.123 e. The average Bonchev–Trinajstić information content (AvgIpc) is 2.75. The van der Waals surface area contributed by atoms with E-state index in [0.29, 0.717) is 12.4 Å². The molecule has 0 fully saturated rings. The minimum atomic E-state index is -0.259. The van der Waals surface area contributed by atoms with Gasteiger partial charge in [0.25, 0.3) is 0 Å². The summed E-state index contributed by atoms with van der Waals surface area (Å²) in [6.07, 6.45) is 0. The Morgan fingerprint density at radius 2 is 1.00 bits per heavy atom. The van der Waals surface area contributed by atoms with Crippen molar-refractivity contribution < 1.29 is 9.13 Å². The molecule has 0 aliphatic heterocycles. The van der Waals surface area contributed by atoms with E-state index in [1.165, 1.54) is 34.4 Å². The lowest BCUT2D eigenvalue weighted by atomic mass is 10.00. The fraction of sp³-hybridized carbons (Fsp3) is 0.0400. The van der Waals surface area contributed by atoms with E-state index in [1.807, 2.05) is 6.07 Å². The van der Waals surface area contributed by atoms with Gasteiger partial charge in [0.1, 0.15) is 18.2 Å². The minimum Gasteiger partial charge on any atom is -0.489 e. The van der Waals surface area contributed by atoms with Gasteiger partial charge in [0.2, 0.25) is 0 Å². The van der Waals surface area contributed by atoms with E-state index in [4.69, 9.17) is 4.74 Å². The summed E-state index contributed by atoms with van der Waals surface area (Å²) in [7, 11) is 0. The van der Waals surface area contributed by atoms with Crippen LogP contribution >= 0.6 is 0 Å². The lowest BCUT2D eigenvalue weighted by molar-refractivity contribution is 0.306. The zero-order chi connectivity index (χ0) is 18.5. The van der Waals surface area contributed by atoms with Crippen LogP contribution in [0.2, 0.25) is 0 Å². The van der Waals surface area contributed by atoms with Gasteiger partial charge >= 0.3 is 0 Å². The first-order valence-corrected chi connectivity index (χ1v) is 8.91. The van der Waals surface area contributed by atoms with E-state index in [1.54, 1.807) is 12.1 Å². The number of halogens is 1. The van der Waals surface area contributed by atoms with Crippen LogP contribution in [0.5, 0.6) is 5.75 Å². The van der Waals surface area contributed by atoms with Gasteiger partial charge in [-0.2, -0.15) is 0 Å². The Balaban J connectivity index is 1.43. The molecule has 0 spiro atoms. The van der Waals surface area contributed by atoms with E-state index < -0.39 is 0 Å². The van der Waals surface area contributed by atoms with Crippen molar-refractivity contribution in [2.75, 3.05) is 0 Å². The van der Waals surface area contributed by atoms with Gasteiger partial charge in [0.15, 0.2) is 0 Å². The molecule has 0 bridgehead atoms. The Bertz CT molecular complexity index is 989. The van der Waals surface area contributed by atoms with Crippen molar-refractivity contribution in [3.8, 4) is 28.0 Å². The van der Waals surface area contributed by atoms with Gasteiger partial charge in [-0.3, -0.25) is 0 Å². The first-order chi connectivity index (χ1) is 13.3. The number of hydrogen-bond donors (Lipinski definition) is 0. The fourth-order valence-corrected chi connectivity index (χ4v) is 2.98. The van der Waals surface area contributed by atoms with Crippen LogP contribution < -0.4 is 4.74 Å². The minimum absolute atomic E-state index is 0.259. The number of hydrogen-bond acceptors (Lipinski definition) is 1. The topological polar surface area (TPSA) is 9.23 Å². The smallest absolute Gasteiger partial charge is 0.123 e. The SMILES string of the molecule is Fc1ccc(OCc2ccc(-c3ccc(-c4ccccc4)cc3)cc2)cc1. The normalized spacial score (nSPS) is 10.6. The van der Waals surface area contributed by atoms with Crippen molar-refractivity contribution in [1.29, 1.82) is 0 Å². The Kier molecular flexibility index (Phi) is 4.97. The van der Waals surface area contributed by atoms with Crippen LogP contribution in [-0.4, -0.2) is 0 Å². The summed E-state index contributed by atoms with van der Waals surface area (Å²) in [5, 5.41) is 0. The highest BCUT2D eigenvalue weighted by Crippen LogP contribution is 2.25. The zero-order valence-electron chi connectivity index (χ0n) is 14.8. The Morgan fingerprint density at radius 3 is 1.56 bits per heavy atom. The summed E-state index contributed by atoms with van der Waals surface area (Å²) in [5.41, 5.74) is 5.85. The van der Waals surface area contributed by atoms with E-state index in [9.17, 15) is 4.39 Å². The van der Waals surface area contributed by atoms with Crippen LogP contribution in [0.25, 0.3) is 22.3 Å². The molecule has 0 unspecified atom stereocenters. The average molecular weight is 354 g/mol. The van der Waals surface area contributed by atoms with Crippen molar-refractivity contribution in [2.24, 2.45) is 0 Å². The molecule has 0 atom stereocenters. The first-order valence-electron chi connectivity index (χ1n) is 8.91.